The summed E-state index contributed by atoms with van der Waals surface area (Å²) in [6.45, 7) is 5.53. The maximum absolute atomic E-state index is 12.7. The van der Waals surface area contributed by atoms with Crippen LogP contribution in [0.1, 0.15) is 22.9 Å². The molecule has 3 rings (SSSR count). The van der Waals surface area contributed by atoms with Crippen LogP contribution in [0.3, 0.4) is 0 Å². The van der Waals surface area contributed by atoms with Crippen molar-refractivity contribution in [1.82, 2.24) is 18.3 Å². The zero-order valence-electron chi connectivity index (χ0n) is 14.1. The highest BCUT2D eigenvalue weighted by atomic mass is 32.2. The van der Waals surface area contributed by atoms with Gasteiger partial charge in [0.2, 0.25) is 0 Å². The number of hydrogen-bond acceptors (Lipinski definition) is 9. The summed E-state index contributed by atoms with van der Waals surface area (Å²) in [5.74, 6) is -0.0357. The van der Waals surface area contributed by atoms with E-state index < -0.39 is 25.7 Å². The second-order valence-corrected chi connectivity index (χ2v) is 8.99. The minimum Gasteiger partial charge on any atom is -0.360 e. The van der Waals surface area contributed by atoms with E-state index in [0.29, 0.717) is 7.94 Å². The third-order valence-electron chi connectivity index (χ3n) is 3.68. The molecule has 0 aliphatic carbocycles. The van der Waals surface area contributed by atoms with E-state index in [4.69, 9.17) is 9.05 Å². The molecule has 0 radical (unpaired) electrons. The molecule has 26 heavy (non-hydrogen) atoms. The van der Waals surface area contributed by atoms with Gasteiger partial charge in [0.25, 0.3) is 20.0 Å². The molecule has 13 heteroatoms. The van der Waals surface area contributed by atoms with Crippen LogP contribution in [0.2, 0.25) is 0 Å². The molecule has 0 aromatic carbocycles. The molecule has 0 spiro atoms. The molecule has 0 unspecified atom stereocenters. The fourth-order valence-corrected chi connectivity index (χ4v) is 5.68. The minimum atomic E-state index is -4.39. The Morgan fingerprint density at radius 1 is 0.769 bits per heavy atom. The standard InChI is InChI=1S/C13H14N4O7S2/c1-7-11(9(3)23-14-7)25(19,20)16-5-6-17(13(16)18)26(21,22)12-8(2)15-24-10(12)4/h5-6H,1-4H3. The number of aromatic nitrogens is 4. The van der Waals surface area contributed by atoms with Crippen LogP contribution < -0.4 is 5.69 Å². The second kappa shape index (κ2) is 5.67. The zero-order valence-corrected chi connectivity index (χ0v) is 15.8. The first-order valence-corrected chi connectivity index (χ1v) is 10.0. The fraction of sp³-hybridized carbons (Fsp3) is 0.308. The van der Waals surface area contributed by atoms with Gasteiger partial charge in [0.05, 0.1) is 0 Å². The molecule has 0 saturated heterocycles. The van der Waals surface area contributed by atoms with E-state index in [9.17, 15) is 21.6 Å². The van der Waals surface area contributed by atoms with E-state index in [2.05, 4.69) is 10.3 Å². The molecule has 3 heterocycles. The Hall–Kier alpha value is -2.67. The van der Waals surface area contributed by atoms with Gasteiger partial charge in [-0.1, -0.05) is 10.3 Å². The number of nitrogens with zero attached hydrogens (tertiary/aromatic N) is 4. The summed E-state index contributed by atoms with van der Waals surface area (Å²) >= 11 is 0. The summed E-state index contributed by atoms with van der Waals surface area (Å²) < 4.78 is 61.2. The SMILES string of the molecule is Cc1noc(C)c1S(=O)(=O)n1ccn(S(=O)(=O)c2c(C)noc2C)c1=O. The Kier molecular flexibility index (Phi) is 3.95. The highest BCUT2D eigenvalue weighted by Gasteiger charge is 2.33. The van der Waals surface area contributed by atoms with E-state index in [-0.39, 0.29) is 32.7 Å². The quantitative estimate of drug-likeness (QED) is 0.602. The lowest BCUT2D eigenvalue weighted by Crippen LogP contribution is -2.33. The average molecular weight is 402 g/mol. The molecule has 140 valence electrons. The van der Waals surface area contributed by atoms with Crippen LogP contribution in [-0.4, -0.2) is 35.1 Å². The van der Waals surface area contributed by atoms with E-state index >= 15 is 0 Å². The van der Waals surface area contributed by atoms with Crippen LogP contribution in [0.5, 0.6) is 0 Å². The largest absolute Gasteiger partial charge is 0.360 e. The highest BCUT2D eigenvalue weighted by Crippen LogP contribution is 2.23. The zero-order chi connectivity index (χ0) is 19.4. The molecule has 0 N–H and O–H groups in total. The van der Waals surface area contributed by atoms with Gasteiger partial charge in [-0.15, -0.1) is 0 Å². The van der Waals surface area contributed by atoms with Crippen molar-refractivity contribution in [2.24, 2.45) is 0 Å². The molecule has 0 aliphatic heterocycles. The summed E-state index contributed by atoms with van der Waals surface area (Å²) in [6.07, 6.45) is 1.69. The van der Waals surface area contributed by atoms with Crippen LogP contribution in [0.4, 0.5) is 0 Å². The van der Waals surface area contributed by atoms with Crippen molar-refractivity contribution in [3.63, 3.8) is 0 Å². The number of imidazole rings is 1. The Bertz CT molecular complexity index is 1140. The average Bonchev–Trinajstić information content (AvgIpc) is 3.18. The first kappa shape index (κ1) is 18.1. The number of rotatable bonds is 4. The van der Waals surface area contributed by atoms with Crippen LogP contribution in [-0.2, 0) is 20.0 Å². The third kappa shape index (κ3) is 2.42. The Morgan fingerprint density at radius 2 is 1.12 bits per heavy atom. The molecule has 3 aromatic heterocycles. The van der Waals surface area contributed by atoms with Crippen LogP contribution in [0, 0.1) is 27.7 Å². The minimum absolute atomic E-state index is 0.0178. The smallest absolute Gasteiger partial charge is 0.356 e. The van der Waals surface area contributed by atoms with Gasteiger partial charge in [0.1, 0.15) is 11.4 Å². The number of hydrogen-bond donors (Lipinski definition) is 0. The fourth-order valence-electron chi connectivity index (χ4n) is 2.59. The van der Waals surface area contributed by atoms with Gasteiger partial charge < -0.3 is 9.05 Å². The second-order valence-electron chi connectivity index (χ2n) is 5.49. The van der Waals surface area contributed by atoms with Crippen LogP contribution in [0.25, 0.3) is 0 Å². The monoisotopic (exact) mass is 402 g/mol. The first-order valence-electron chi connectivity index (χ1n) is 7.16. The van der Waals surface area contributed by atoms with Gasteiger partial charge in [0, 0.05) is 12.4 Å². The highest BCUT2D eigenvalue weighted by molar-refractivity contribution is 7.90. The van der Waals surface area contributed by atoms with Crippen molar-refractivity contribution in [2.45, 2.75) is 37.5 Å². The predicted molar refractivity (Wildman–Crippen MR) is 85.8 cm³/mol. The summed E-state index contributed by atoms with van der Waals surface area (Å²) in [5.41, 5.74) is -1.18. The van der Waals surface area contributed by atoms with Crippen LogP contribution >= 0.6 is 0 Å². The third-order valence-corrected chi connectivity index (χ3v) is 7.47. The Labute approximate surface area is 147 Å². The lowest BCUT2D eigenvalue weighted by Gasteiger charge is -2.05. The van der Waals surface area contributed by atoms with Crippen LogP contribution in [0.15, 0.2) is 36.0 Å². The molecule has 0 fully saturated rings. The van der Waals surface area contributed by atoms with E-state index in [1.54, 1.807) is 0 Å². The van der Waals surface area contributed by atoms with Crippen molar-refractivity contribution < 1.29 is 25.9 Å². The topological polar surface area (TPSA) is 147 Å². The maximum Gasteiger partial charge on any atom is 0.356 e. The molecule has 0 amide bonds. The Morgan fingerprint density at radius 3 is 1.38 bits per heavy atom. The molecular weight excluding hydrogens is 388 g/mol. The number of aryl methyl sites for hydroxylation is 4. The summed E-state index contributed by atoms with van der Waals surface area (Å²) in [4.78, 5) is 12.0. The van der Waals surface area contributed by atoms with Gasteiger partial charge in [-0.2, -0.15) is 7.94 Å². The molecule has 0 saturated carbocycles. The van der Waals surface area contributed by atoms with Gasteiger partial charge in [-0.05, 0) is 27.7 Å². The van der Waals surface area contributed by atoms with Crippen molar-refractivity contribution in [3.05, 3.63) is 45.8 Å². The lowest BCUT2D eigenvalue weighted by atomic mass is 10.4. The van der Waals surface area contributed by atoms with E-state index in [1.807, 2.05) is 0 Å². The molecular formula is C13H14N4O7S2. The Balaban J connectivity index is 2.23. The molecule has 3 aromatic rings. The van der Waals surface area contributed by atoms with Gasteiger partial charge in [-0.25, -0.2) is 21.6 Å². The van der Waals surface area contributed by atoms with E-state index in [0.717, 1.165) is 12.4 Å². The van der Waals surface area contributed by atoms with Crippen molar-refractivity contribution in [1.29, 1.82) is 0 Å². The predicted octanol–water partition coefficient (Wildman–Crippen LogP) is 0.333. The first-order chi connectivity index (χ1) is 12.0. The van der Waals surface area contributed by atoms with Gasteiger partial charge in [0.15, 0.2) is 21.3 Å². The summed E-state index contributed by atoms with van der Waals surface area (Å²) in [6, 6.07) is 0. The van der Waals surface area contributed by atoms with Crippen molar-refractivity contribution in [3.8, 4) is 0 Å². The molecule has 0 aliphatic rings. The normalized spacial score (nSPS) is 12.6. The molecule has 0 atom stereocenters. The molecule has 0 bridgehead atoms. The summed E-state index contributed by atoms with van der Waals surface area (Å²) in [5, 5.41) is 7.08. The lowest BCUT2D eigenvalue weighted by molar-refractivity contribution is 0.390. The molecule has 11 nitrogen and oxygen atoms in total. The van der Waals surface area contributed by atoms with Gasteiger partial charge >= 0.3 is 5.69 Å². The van der Waals surface area contributed by atoms with Crippen molar-refractivity contribution in [2.75, 3.05) is 0 Å². The van der Waals surface area contributed by atoms with Gasteiger partial charge in [-0.3, -0.25) is 0 Å². The van der Waals surface area contributed by atoms with Crippen molar-refractivity contribution >= 4 is 20.0 Å². The maximum atomic E-state index is 12.7. The summed E-state index contributed by atoms with van der Waals surface area (Å²) in [7, 11) is -8.79. The van der Waals surface area contributed by atoms with E-state index in [1.165, 1.54) is 27.7 Å².